The molecule has 0 aromatic rings. The van der Waals surface area contributed by atoms with Crippen LogP contribution in [0.25, 0.3) is 0 Å². The zero-order chi connectivity index (χ0) is 18.1. The second kappa shape index (κ2) is 16.7. The average molecular weight is 363 g/mol. The molecule has 1 unspecified atom stereocenters. The Morgan fingerprint density at radius 1 is 0.792 bits per heavy atom. The molecule has 1 atom stereocenters. The molecule has 0 aliphatic heterocycles. The summed E-state index contributed by atoms with van der Waals surface area (Å²) in [6.45, 7) is 10.2. The molecule has 24 heavy (non-hydrogen) atoms. The van der Waals surface area contributed by atoms with Crippen molar-refractivity contribution in [2.45, 2.75) is 104 Å². The number of rotatable bonds is 18. The summed E-state index contributed by atoms with van der Waals surface area (Å²) >= 11 is 0.943. The van der Waals surface area contributed by atoms with Gasteiger partial charge in [-0.1, -0.05) is 66.2 Å². The van der Waals surface area contributed by atoms with E-state index in [4.69, 9.17) is 9.47 Å². The minimum atomic E-state index is -0.467. The van der Waals surface area contributed by atoms with Gasteiger partial charge in [-0.2, -0.15) is 0 Å². The summed E-state index contributed by atoms with van der Waals surface area (Å²) in [4.78, 5) is 0. The Morgan fingerprint density at radius 3 is 1.88 bits per heavy atom. The van der Waals surface area contributed by atoms with E-state index in [-0.39, 0.29) is 0 Å². The predicted octanol–water partition coefficient (Wildman–Crippen LogP) is 6.91. The molecular weight excluding hydrogens is 320 g/mol. The zero-order valence-electron chi connectivity index (χ0n) is 16.6. The molecular formula is C20H42O3S. The highest BCUT2D eigenvalue weighted by Gasteiger charge is 2.38. The first-order chi connectivity index (χ1) is 11.7. The molecule has 3 nitrogen and oxygen atoms in total. The minimum absolute atomic E-state index is 0.367. The van der Waals surface area contributed by atoms with Crippen molar-refractivity contribution >= 4 is 12.0 Å². The molecule has 0 aromatic heterocycles. The molecule has 1 N–H and O–H groups in total. The van der Waals surface area contributed by atoms with Gasteiger partial charge in [0.1, 0.15) is 0 Å². The largest absolute Gasteiger partial charge is 0.350 e. The molecule has 0 saturated heterocycles. The lowest BCUT2D eigenvalue weighted by atomic mass is 9.87. The molecule has 0 aliphatic carbocycles. The van der Waals surface area contributed by atoms with E-state index in [0.29, 0.717) is 5.92 Å². The van der Waals surface area contributed by atoms with E-state index in [1.165, 1.54) is 38.5 Å². The molecule has 4 heteroatoms. The number of unbranched alkanes of at least 4 members (excludes halogenated alkanes) is 5. The van der Waals surface area contributed by atoms with Crippen molar-refractivity contribution in [3.8, 4) is 0 Å². The Hall–Kier alpha value is 0.230. The molecule has 0 radical (unpaired) electrons. The van der Waals surface area contributed by atoms with Crippen molar-refractivity contribution < 1.29 is 14.0 Å². The monoisotopic (exact) mass is 362 g/mol. The van der Waals surface area contributed by atoms with Crippen molar-refractivity contribution in [2.24, 2.45) is 5.92 Å². The Balaban J connectivity index is 4.72. The Morgan fingerprint density at radius 2 is 1.38 bits per heavy atom. The lowest BCUT2D eigenvalue weighted by Crippen LogP contribution is -2.44. The van der Waals surface area contributed by atoms with E-state index < -0.39 is 5.79 Å². The maximum atomic E-state index is 9.21. The molecule has 0 rings (SSSR count). The van der Waals surface area contributed by atoms with Gasteiger partial charge in [0.2, 0.25) is 0 Å². The van der Waals surface area contributed by atoms with Gasteiger partial charge in [-0.3, -0.25) is 0 Å². The highest BCUT2D eigenvalue weighted by Crippen LogP contribution is 2.35. The SMILES string of the molecule is CCCCCCCCC(CCSO)C(CC)(OCCC)OCCC. The smallest absolute Gasteiger partial charge is 0.170 e. The number of ether oxygens (including phenoxy) is 2. The van der Waals surface area contributed by atoms with E-state index in [0.717, 1.165) is 63.1 Å². The van der Waals surface area contributed by atoms with Gasteiger partial charge in [-0.25, -0.2) is 0 Å². The highest BCUT2D eigenvalue weighted by atomic mass is 32.2. The van der Waals surface area contributed by atoms with Crippen molar-refractivity contribution in [2.75, 3.05) is 19.0 Å². The summed E-state index contributed by atoms with van der Waals surface area (Å²) in [6, 6.07) is 0. The van der Waals surface area contributed by atoms with Crippen LogP contribution in [0.3, 0.4) is 0 Å². The van der Waals surface area contributed by atoms with Crippen LogP contribution in [0, 0.1) is 5.92 Å². The second-order valence-electron chi connectivity index (χ2n) is 6.74. The fourth-order valence-corrected chi connectivity index (χ4v) is 3.66. The molecule has 0 bridgehead atoms. The van der Waals surface area contributed by atoms with Crippen molar-refractivity contribution in [1.29, 1.82) is 0 Å². The summed E-state index contributed by atoms with van der Waals surface area (Å²) < 4.78 is 21.8. The van der Waals surface area contributed by atoms with Crippen LogP contribution in [0.1, 0.15) is 98.3 Å². The predicted molar refractivity (Wildman–Crippen MR) is 107 cm³/mol. The highest BCUT2D eigenvalue weighted by molar-refractivity contribution is 7.93. The molecule has 0 aromatic carbocycles. The van der Waals surface area contributed by atoms with E-state index in [9.17, 15) is 4.55 Å². The Labute approximate surface area is 155 Å². The first kappa shape index (κ1) is 24.2. The van der Waals surface area contributed by atoms with E-state index >= 15 is 0 Å². The summed E-state index contributed by atoms with van der Waals surface area (Å²) in [5, 5.41) is 0. The maximum absolute atomic E-state index is 9.21. The van der Waals surface area contributed by atoms with Gasteiger partial charge in [-0.05, 0) is 44.1 Å². The maximum Gasteiger partial charge on any atom is 0.170 e. The summed E-state index contributed by atoms with van der Waals surface area (Å²) in [5.41, 5.74) is 0. The number of hydrogen-bond acceptors (Lipinski definition) is 4. The van der Waals surface area contributed by atoms with Gasteiger partial charge >= 0.3 is 0 Å². The summed E-state index contributed by atoms with van der Waals surface area (Å²) in [6.07, 6.45) is 12.8. The normalized spacial score (nSPS) is 13.4. The quantitative estimate of drug-likeness (QED) is 0.163. The summed E-state index contributed by atoms with van der Waals surface area (Å²) in [7, 11) is 0. The van der Waals surface area contributed by atoms with Gasteiger partial charge in [0.15, 0.2) is 5.79 Å². The van der Waals surface area contributed by atoms with Crippen LogP contribution >= 0.6 is 12.0 Å². The first-order valence-electron chi connectivity index (χ1n) is 10.2. The molecule has 0 saturated carbocycles. The minimum Gasteiger partial charge on any atom is -0.350 e. The van der Waals surface area contributed by atoms with Crippen molar-refractivity contribution in [1.82, 2.24) is 0 Å². The van der Waals surface area contributed by atoms with Crippen LogP contribution in [0.15, 0.2) is 0 Å². The Bertz CT molecular complexity index is 253. The van der Waals surface area contributed by atoms with Crippen LogP contribution in [-0.4, -0.2) is 29.3 Å². The van der Waals surface area contributed by atoms with Crippen LogP contribution in [0.5, 0.6) is 0 Å². The number of hydrogen-bond donors (Lipinski definition) is 1. The van der Waals surface area contributed by atoms with E-state index in [1.807, 2.05) is 0 Å². The lowest BCUT2D eigenvalue weighted by molar-refractivity contribution is -0.271. The summed E-state index contributed by atoms with van der Waals surface area (Å²) in [5.74, 6) is 0.657. The van der Waals surface area contributed by atoms with Crippen molar-refractivity contribution in [3.05, 3.63) is 0 Å². The first-order valence-corrected chi connectivity index (χ1v) is 11.2. The molecule has 0 amide bonds. The van der Waals surface area contributed by atoms with Crippen LogP contribution in [-0.2, 0) is 9.47 Å². The van der Waals surface area contributed by atoms with Crippen LogP contribution in [0.4, 0.5) is 0 Å². The Kier molecular flexibility index (Phi) is 16.8. The zero-order valence-corrected chi connectivity index (χ0v) is 17.5. The third-order valence-corrected chi connectivity index (χ3v) is 5.10. The van der Waals surface area contributed by atoms with Crippen LogP contribution < -0.4 is 0 Å². The third-order valence-electron chi connectivity index (χ3n) is 4.68. The average Bonchev–Trinajstić information content (AvgIpc) is 2.61. The molecule has 146 valence electrons. The standard InChI is InChI=1S/C20H42O3S/c1-5-9-10-11-12-13-14-19(15-18-24-21)20(8-4,22-16-6-2)23-17-7-3/h19,21H,5-18H2,1-4H3. The molecule has 0 aliphatic rings. The third kappa shape index (κ3) is 10.3. The molecule has 0 spiro atoms. The second-order valence-corrected chi connectivity index (χ2v) is 7.40. The van der Waals surface area contributed by atoms with Gasteiger partial charge in [0.25, 0.3) is 0 Å². The molecule has 0 heterocycles. The van der Waals surface area contributed by atoms with E-state index in [1.54, 1.807) is 0 Å². The van der Waals surface area contributed by atoms with Gasteiger partial charge in [-0.15, -0.1) is 0 Å². The van der Waals surface area contributed by atoms with Crippen molar-refractivity contribution in [3.63, 3.8) is 0 Å². The van der Waals surface area contributed by atoms with Gasteiger partial charge in [0, 0.05) is 24.9 Å². The van der Waals surface area contributed by atoms with E-state index in [2.05, 4.69) is 27.7 Å². The fraction of sp³-hybridized carbons (Fsp3) is 1.00. The topological polar surface area (TPSA) is 38.7 Å². The van der Waals surface area contributed by atoms with Gasteiger partial charge < -0.3 is 14.0 Å². The van der Waals surface area contributed by atoms with Crippen LogP contribution in [0.2, 0.25) is 0 Å². The van der Waals surface area contributed by atoms with Gasteiger partial charge in [0.05, 0.1) is 0 Å². The fourth-order valence-electron chi connectivity index (χ4n) is 3.27. The lowest BCUT2D eigenvalue weighted by Gasteiger charge is -2.40. The molecule has 0 fully saturated rings.